The number of aryl methyl sites for hydroxylation is 1. The number of hydrogen-bond donors (Lipinski definition) is 2. The summed E-state index contributed by atoms with van der Waals surface area (Å²) in [4.78, 5) is 15.1. The molecule has 6 rings (SSSR count). The number of hydrogen-bond acceptors (Lipinski definition) is 5. The Morgan fingerprint density at radius 2 is 1.93 bits per heavy atom. The summed E-state index contributed by atoms with van der Waals surface area (Å²) >= 11 is 6.51. The second-order valence-electron chi connectivity index (χ2n) is 10.7. The Bertz CT molecular complexity index is 1800. The molecular weight excluding hydrogens is 574 g/mol. The van der Waals surface area contributed by atoms with Crippen LogP contribution in [-0.2, 0) is 29.0 Å². The van der Waals surface area contributed by atoms with Crippen molar-refractivity contribution in [3.63, 3.8) is 0 Å². The van der Waals surface area contributed by atoms with Gasteiger partial charge in [0.1, 0.15) is 11.6 Å². The summed E-state index contributed by atoms with van der Waals surface area (Å²) in [5, 5.41) is 11.5. The van der Waals surface area contributed by atoms with Gasteiger partial charge in [0.15, 0.2) is 0 Å². The Hall–Kier alpha value is -3.61. The number of fused-ring (bicyclic) bond motifs is 1. The van der Waals surface area contributed by atoms with Gasteiger partial charge < -0.3 is 4.90 Å². The third-order valence-corrected chi connectivity index (χ3v) is 8.81. The zero-order valence-electron chi connectivity index (χ0n) is 22.5. The Balaban J connectivity index is 1.35. The molecule has 0 spiro atoms. The van der Waals surface area contributed by atoms with Gasteiger partial charge in [-0.3, -0.25) is 14.6 Å². The van der Waals surface area contributed by atoms with Crippen molar-refractivity contribution in [2.45, 2.75) is 37.8 Å². The third-order valence-electron chi connectivity index (χ3n) is 7.83. The van der Waals surface area contributed by atoms with Crippen molar-refractivity contribution < 1.29 is 22.0 Å². The first kappa shape index (κ1) is 27.6. The first-order chi connectivity index (χ1) is 19.4. The fourth-order valence-electron chi connectivity index (χ4n) is 5.82. The number of halogens is 3. The maximum atomic E-state index is 15.5. The smallest absolute Gasteiger partial charge is 0.257 e. The van der Waals surface area contributed by atoms with E-state index < -0.39 is 39.1 Å². The monoisotopic (exact) mass is 600 g/mol. The van der Waals surface area contributed by atoms with Crippen LogP contribution >= 0.6 is 11.6 Å². The maximum Gasteiger partial charge on any atom is 0.257 e. The van der Waals surface area contributed by atoms with Gasteiger partial charge in [0.05, 0.1) is 41.0 Å². The van der Waals surface area contributed by atoms with Crippen LogP contribution in [0.15, 0.2) is 42.7 Å². The van der Waals surface area contributed by atoms with Crippen LogP contribution in [0, 0.1) is 11.6 Å². The molecule has 1 atom stereocenters. The first-order valence-electron chi connectivity index (χ1n) is 13.0. The number of rotatable bonds is 6. The van der Waals surface area contributed by atoms with Gasteiger partial charge in [-0.25, -0.2) is 21.9 Å². The van der Waals surface area contributed by atoms with Crippen LogP contribution in [0.5, 0.6) is 0 Å². The Kier molecular flexibility index (Phi) is 6.55. The topological polar surface area (TPSA) is 113 Å². The molecule has 0 saturated heterocycles. The Morgan fingerprint density at radius 3 is 2.59 bits per heavy atom. The lowest BCUT2D eigenvalue weighted by atomic mass is 9.93. The largest absolute Gasteiger partial charge is 0.330 e. The SMILES string of the molecule is C[C@H]1c2nn(C)c(-c3cc(Cl)cc(C4(NS(C)(=O)=O)CC4)c3)c2CCN1C(=O)c1cc(F)cc(-c2cn[nH]c2)c1F. The van der Waals surface area contributed by atoms with E-state index in [1.54, 1.807) is 30.8 Å². The molecule has 1 aliphatic carbocycles. The highest BCUT2D eigenvalue weighted by Gasteiger charge is 2.47. The van der Waals surface area contributed by atoms with Gasteiger partial charge in [0, 0.05) is 47.1 Å². The van der Waals surface area contributed by atoms with Crippen LogP contribution in [0.1, 0.15) is 53.0 Å². The van der Waals surface area contributed by atoms with Crippen LogP contribution in [0.4, 0.5) is 8.78 Å². The second kappa shape index (κ2) is 9.74. The molecule has 214 valence electrons. The van der Waals surface area contributed by atoms with E-state index in [1.165, 1.54) is 17.3 Å². The van der Waals surface area contributed by atoms with Gasteiger partial charge >= 0.3 is 0 Å². The molecule has 13 heteroatoms. The molecule has 1 saturated carbocycles. The number of benzene rings is 2. The Morgan fingerprint density at radius 1 is 1.17 bits per heavy atom. The molecule has 2 aliphatic rings. The van der Waals surface area contributed by atoms with Crippen LogP contribution < -0.4 is 4.72 Å². The van der Waals surface area contributed by atoms with E-state index >= 15 is 4.39 Å². The number of amides is 1. The molecule has 0 radical (unpaired) electrons. The second-order valence-corrected chi connectivity index (χ2v) is 12.9. The fourth-order valence-corrected chi connectivity index (χ4v) is 7.09. The van der Waals surface area contributed by atoms with Crippen molar-refractivity contribution in [2.24, 2.45) is 7.05 Å². The molecule has 4 aromatic rings. The zero-order chi connectivity index (χ0) is 29.3. The number of carbonyl (C=O) groups excluding carboxylic acids is 1. The fraction of sp³-hybridized carbons (Fsp3) is 0.321. The molecule has 9 nitrogen and oxygen atoms in total. The number of sulfonamides is 1. The lowest BCUT2D eigenvalue weighted by molar-refractivity contribution is 0.0668. The van der Waals surface area contributed by atoms with Crippen molar-refractivity contribution in [3.8, 4) is 22.4 Å². The predicted molar refractivity (Wildman–Crippen MR) is 150 cm³/mol. The summed E-state index contributed by atoms with van der Waals surface area (Å²) < 4.78 is 58.5. The molecule has 41 heavy (non-hydrogen) atoms. The van der Waals surface area contributed by atoms with Gasteiger partial charge in [-0.15, -0.1) is 0 Å². The molecule has 1 amide bonds. The summed E-state index contributed by atoms with van der Waals surface area (Å²) in [6.07, 6.45) is 5.68. The standard InChI is InChI=1S/C28H27ClF2N6O3S/c1-15-25-21(4-7-37(15)27(38)23-12-20(30)11-22(24(23)31)17-13-32-33-14-17)26(36(2)34-25)16-8-18(10-19(29)9-16)28(5-6-28)35-41(3,39)40/h8-15,35H,4-7H2,1-3H3,(H,32,33)/t15-/m0/s1. The van der Waals surface area contributed by atoms with Crippen molar-refractivity contribution in [2.75, 3.05) is 12.8 Å². The number of nitrogens with zero attached hydrogens (tertiary/aromatic N) is 4. The molecule has 3 heterocycles. The number of aromatic amines is 1. The lowest BCUT2D eigenvalue weighted by Gasteiger charge is -2.33. The molecule has 2 aromatic carbocycles. The average Bonchev–Trinajstić information content (AvgIpc) is 3.30. The number of carbonyl (C=O) groups is 1. The highest BCUT2D eigenvalue weighted by Crippen LogP contribution is 2.48. The van der Waals surface area contributed by atoms with Crippen LogP contribution in [0.2, 0.25) is 5.02 Å². The molecule has 0 unspecified atom stereocenters. The van der Waals surface area contributed by atoms with E-state index in [1.807, 2.05) is 6.07 Å². The minimum atomic E-state index is -3.44. The first-order valence-corrected chi connectivity index (χ1v) is 15.3. The van der Waals surface area contributed by atoms with Crippen LogP contribution in [-0.4, -0.2) is 52.0 Å². The van der Waals surface area contributed by atoms with E-state index in [-0.39, 0.29) is 17.7 Å². The quantitative estimate of drug-likeness (QED) is 0.333. The molecule has 1 fully saturated rings. The van der Waals surface area contributed by atoms with E-state index in [9.17, 15) is 17.6 Å². The summed E-state index contributed by atoms with van der Waals surface area (Å²) in [6, 6.07) is 6.94. The average molecular weight is 601 g/mol. The third kappa shape index (κ3) is 4.93. The summed E-state index contributed by atoms with van der Waals surface area (Å²) in [5.41, 5.74) is 3.14. The van der Waals surface area contributed by atoms with Crippen molar-refractivity contribution in [3.05, 3.63) is 81.8 Å². The number of aromatic nitrogens is 4. The number of H-pyrrole nitrogens is 1. The summed E-state index contributed by atoms with van der Waals surface area (Å²) in [6.45, 7) is 2.06. The molecule has 2 N–H and O–H groups in total. The van der Waals surface area contributed by atoms with Gasteiger partial charge in [0.25, 0.3) is 5.91 Å². The van der Waals surface area contributed by atoms with Crippen molar-refractivity contribution in [1.82, 2.24) is 29.6 Å². The highest BCUT2D eigenvalue weighted by molar-refractivity contribution is 7.88. The minimum Gasteiger partial charge on any atom is -0.330 e. The van der Waals surface area contributed by atoms with E-state index in [0.717, 1.165) is 40.8 Å². The highest BCUT2D eigenvalue weighted by atomic mass is 35.5. The van der Waals surface area contributed by atoms with Crippen LogP contribution in [0.25, 0.3) is 22.4 Å². The van der Waals surface area contributed by atoms with Crippen molar-refractivity contribution >= 4 is 27.5 Å². The number of nitrogens with one attached hydrogen (secondary N) is 2. The molecular formula is C28H27ClF2N6O3S. The van der Waals surface area contributed by atoms with Gasteiger partial charge in [-0.05, 0) is 62.1 Å². The van der Waals surface area contributed by atoms with E-state index in [2.05, 4.69) is 14.9 Å². The molecule has 2 aromatic heterocycles. The van der Waals surface area contributed by atoms with Gasteiger partial charge in [-0.2, -0.15) is 10.2 Å². The van der Waals surface area contributed by atoms with Gasteiger partial charge in [-0.1, -0.05) is 11.6 Å². The predicted octanol–water partition coefficient (Wildman–Crippen LogP) is 4.71. The van der Waals surface area contributed by atoms with Crippen molar-refractivity contribution in [1.29, 1.82) is 0 Å². The van der Waals surface area contributed by atoms with Gasteiger partial charge in [0.2, 0.25) is 10.0 Å². The maximum absolute atomic E-state index is 15.5. The molecule has 0 bridgehead atoms. The van der Waals surface area contributed by atoms with E-state index in [4.69, 9.17) is 16.7 Å². The molecule has 1 aliphatic heterocycles. The summed E-state index contributed by atoms with van der Waals surface area (Å²) in [5.74, 6) is -2.18. The summed E-state index contributed by atoms with van der Waals surface area (Å²) in [7, 11) is -1.65. The van der Waals surface area contributed by atoms with E-state index in [0.29, 0.717) is 35.5 Å². The normalized spacial score (nSPS) is 17.9. The Labute approximate surface area is 240 Å². The van der Waals surface area contributed by atoms with Crippen LogP contribution in [0.3, 0.4) is 0 Å². The minimum absolute atomic E-state index is 0.0527. The lowest BCUT2D eigenvalue weighted by Crippen LogP contribution is -2.39. The zero-order valence-corrected chi connectivity index (χ0v) is 24.1.